The first-order valence-electron chi connectivity index (χ1n) is 10.2. The molecule has 10 heteroatoms. The molecule has 0 spiro atoms. The highest BCUT2D eigenvalue weighted by Crippen LogP contribution is 2.30. The van der Waals surface area contributed by atoms with E-state index in [9.17, 15) is 13.2 Å². The Morgan fingerprint density at radius 3 is 2.32 bits per heavy atom. The molecule has 31 heavy (non-hydrogen) atoms. The summed E-state index contributed by atoms with van der Waals surface area (Å²) >= 11 is 1.57. The van der Waals surface area contributed by atoms with Crippen molar-refractivity contribution in [3.8, 4) is 0 Å². The summed E-state index contributed by atoms with van der Waals surface area (Å²) in [5.74, 6) is 0. The third kappa shape index (κ3) is 12.3. The molecular formula is C21H34N4O4S2. The number of anilines is 1. The van der Waals surface area contributed by atoms with E-state index in [1.807, 2.05) is 39.8 Å². The summed E-state index contributed by atoms with van der Waals surface area (Å²) in [4.78, 5) is 13.7. The third-order valence-electron chi connectivity index (χ3n) is 3.51. The van der Waals surface area contributed by atoms with Crippen LogP contribution in [0.2, 0.25) is 0 Å². The second-order valence-corrected chi connectivity index (χ2v) is 10.6. The van der Waals surface area contributed by atoms with Crippen molar-refractivity contribution < 1.29 is 17.9 Å². The largest absolute Gasteiger partial charge is 0.444 e. The summed E-state index contributed by atoms with van der Waals surface area (Å²) in [5.41, 5.74) is 3.90. The van der Waals surface area contributed by atoms with E-state index in [0.717, 1.165) is 34.6 Å². The highest BCUT2D eigenvalue weighted by atomic mass is 32.2. The Hall–Kier alpha value is -2.20. The van der Waals surface area contributed by atoms with Crippen LogP contribution in [0.1, 0.15) is 47.5 Å². The number of allylic oxidation sites excluding steroid dienone is 2. The van der Waals surface area contributed by atoms with E-state index in [-0.39, 0.29) is 0 Å². The normalized spacial score (nSPS) is 13.0. The van der Waals surface area contributed by atoms with Crippen molar-refractivity contribution in [2.45, 2.75) is 58.0 Å². The first-order valence-corrected chi connectivity index (χ1v) is 12.9. The zero-order valence-corrected chi connectivity index (χ0v) is 20.7. The van der Waals surface area contributed by atoms with E-state index in [2.05, 4.69) is 33.6 Å². The number of carbonyl (C=O) groups is 1. The summed E-state index contributed by atoms with van der Waals surface area (Å²) in [7, 11) is -3.30. The van der Waals surface area contributed by atoms with E-state index in [4.69, 9.17) is 4.74 Å². The van der Waals surface area contributed by atoms with E-state index in [0.29, 0.717) is 18.8 Å². The average molecular weight is 471 g/mol. The number of sulfonamides is 1. The van der Waals surface area contributed by atoms with Gasteiger partial charge in [-0.3, -0.25) is 4.72 Å². The summed E-state index contributed by atoms with van der Waals surface area (Å²) < 4.78 is 30.3. The Morgan fingerprint density at radius 2 is 1.81 bits per heavy atom. The molecule has 0 saturated heterocycles. The van der Waals surface area contributed by atoms with Crippen LogP contribution in [0.25, 0.3) is 0 Å². The second-order valence-electron chi connectivity index (χ2n) is 7.73. The molecule has 0 fully saturated rings. The predicted molar refractivity (Wildman–Crippen MR) is 129 cm³/mol. The fourth-order valence-electron chi connectivity index (χ4n) is 2.33. The Morgan fingerprint density at radius 1 is 1.16 bits per heavy atom. The molecule has 0 aliphatic heterocycles. The molecule has 3 N–H and O–H groups in total. The number of hydrogen-bond acceptors (Lipinski definition) is 7. The standard InChI is InChI=1S/C21H34N4O4S2/c1-7-9-19(30-17-12-10-16(11-13-17)25-31(6,27)28)18(8-2)24-23-15-14-22-20(26)29-21(3,4)5/h9-13,23,25H,7-8,14-15H2,1-6H3,(H,22,26)/b19-9-,24-18-. The smallest absolute Gasteiger partial charge is 0.407 e. The van der Waals surface area contributed by atoms with E-state index in [1.54, 1.807) is 23.9 Å². The van der Waals surface area contributed by atoms with Crippen molar-refractivity contribution in [2.75, 3.05) is 24.1 Å². The third-order valence-corrected chi connectivity index (χ3v) is 5.25. The van der Waals surface area contributed by atoms with Crippen molar-refractivity contribution in [1.29, 1.82) is 0 Å². The van der Waals surface area contributed by atoms with Gasteiger partial charge < -0.3 is 15.5 Å². The molecule has 0 aromatic heterocycles. The molecule has 0 bridgehead atoms. The number of nitrogens with one attached hydrogen (secondary N) is 3. The molecule has 0 unspecified atom stereocenters. The molecule has 0 atom stereocenters. The molecule has 0 heterocycles. The molecule has 0 saturated carbocycles. The second kappa shape index (κ2) is 12.6. The quantitative estimate of drug-likeness (QED) is 0.192. The van der Waals surface area contributed by atoms with Crippen molar-refractivity contribution >= 4 is 39.3 Å². The number of hydrogen-bond donors (Lipinski definition) is 3. The van der Waals surface area contributed by atoms with Crippen molar-refractivity contribution in [2.24, 2.45) is 5.10 Å². The van der Waals surface area contributed by atoms with E-state index in [1.165, 1.54) is 0 Å². The number of amides is 1. The van der Waals surface area contributed by atoms with Gasteiger partial charge in [0.15, 0.2) is 0 Å². The molecule has 1 amide bonds. The zero-order valence-electron chi connectivity index (χ0n) is 19.1. The van der Waals surface area contributed by atoms with Gasteiger partial charge in [-0.15, -0.1) is 0 Å². The Balaban J connectivity index is 2.68. The number of benzene rings is 1. The number of alkyl carbamates (subject to hydrolysis) is 1. The predicted octanol–water partition coefficient (Wildman–Crippen LogP) is 4.32. The van der Waals surface area contributed by atoms with Crippen LogP contribution in [-0.2, 0) is 14.8 Å². The van der Waals surface area contributed by atoms with Crippen LogP contribution >= 0.6 is 11.8 Å². The first kappa shape index (κ1) is 26.8. The molecule has 1 rings (SSSR count). The lowest BCUT2D eigenvalue weighted by Gasteiger charge is -2.19. The van der Waals surface area contributed by atoms with Gasteiger partial charge in [-0.05, 0) is 57.9 Å². The number of nitrogens with zero attached hydrogens (tertiary/aromatic N) is 1. The van der Waals surface area contributed by atoms with Gasteiger partial charge in [0, 0.05) is 22.0 Å². The monoisotopic (exact) mass is 470 g/mol. The summed E-state index contributed by atoms with van der Waals surface area (Å²) in [5, 5.41) is 7.17. The van der Waals surface area contributed by atoms with Gasteiger partial charge in [-0.1, -0.05) is 31.7 Å². The van der Waals surface area contributed by atoms with Gasteiger partial charge in [0.25, 0.3) is 0 Å². The minimum atomic E-state index is -3.30. The van der Waals surface area contributed by atoms with Crippen LogP contribution < -0.4 is 15.5 Å². The molecule has 1 aromatic rings. The van der Waals surface area contributed by atoms with Gasteiger partial charge in [-0.2, -0.15) is 5.10 Å². The zero-order chi connectivity index (χ0) is 23.5. The highest BCUT2D eigenvalue weighted by Gasteiger charge is 2.15. The average Bonchev–Trinajstić information content (AvgIpc) is 2.63. The fraction of sp³-hybridized carbons (Fsp3) is 0.524. The molecule has 1 aromatic carbocycles. The fourth-order valence-corrected chi connectivity index (χ4v) is 3.98. The minimum Gasteiger partial charge on any atom is -0.444 e. The summed E-state index contributed by atoms with van der Waals surface area (Å²) in [6.45, 7) is 10.4. The number of carbonyl (C=O) groups excluding carboxylic acids is 1. The maximum Gasteiger partial charge on any atom is 0.407 e. The molecule has 0 aliphatic carbocycles. The molecule has 0 aliphatic rings. The lowest BCUT2D eigenvalue weighted by atomic mass is 10.2. The van der Waals surface area contributed by atoms with Crippen LogP contribution in [0.4, 0.5) is 10.5 Å². The van der Waals surface area contributed by atoms with Gasteiger partial charge in [-0.25, -0.2) is 13.2 Å². The highest BCUT2D eigenvalue weighted by molar-refractivity contribution is 8.04. The van der Waals surface area contributed by atoms with E-state index < -0.39 is 21.7 Å². The summed E-state index contributed by atoms with van der Waals surface area (Å²) in [6.07, 6.45) is 4.37. The maximum absolute atomic E-state index is 11.7. The van der Waals surface area contributed by atoms with Gasteiger partial charge in [0.1, 0.15) is 5.60 Å². The number of rotatable bonds is 11. The van der Waals surface area contributed by atoms with Crippen molar-refractivity contribution in [1.82, 2.24) is 10.7 Å². The van der Waals surface area contributed by atoms with Crippen LogP contribution in [0.5, 0.6) is 0 Å². The SMILES string of the molecule is CC/C=C(Sc1ccc(NS(C)(=O)=O)cc1)/C(CC)=N\NCCNC(=O)OC(C)(C)C. The maximum atomic E-state index is 11.7. The van der Waals surface area contributed by atoms with Crippen molar-refractivity contribution in [3.05, 3.63) is 35.2 Å². The molecular weight excluding hydrogens is 436 g/mol. The summed E-state index contributed by atoms with van der Waals surface area (Å²) in [6, 6.07) is 7.20. The van der Waals surface area contributed by atoms with Crippen molar-refractivity contribution in [3.63, 3.8) is 0 Å². The number of ether oxygens (including phenoxy) is 1. The molecule has 0 radical (unpaired) electrons. The number of thioether (sulfide) groups is 1. The number of hydrazone groups is 1. The van der Waals surface area contributed by atoms with E-state index >= 15 is 0 Å². The van der Waals surface area contributed by atoms with Gasteiger partial charge >= 0.3 is 6.09 Å². The molecule has 8 nitrogen and oxygen atoms in total. The Bertz CT molecular complexity index is 874. The Kier molecular flexibility index (Phi) is 10.9. The Labute approximate surface area is 190 Å². The molecule has 174 valence electrons. The van der Waals surface area contributed by atoms with Crippen LogP contribution in [-0.4, -0.2) is 45.2 Å². The lowest BCUT2D eigenvalue weighted by Crippen LogP contribution is -2.35. The van der Waals surface area contributed by atoms with Crippen LogP contribution in [0, 0.1) is 0 Å². The van der Waals surface area contributed by atoms with Gasteiger partial charge in [0.2, 0.25) is 10.0 Å². The van der Waals surface area contributed by atoms with Crippen LogP contribution in [0.3, 0.4) is 0 Å². The topological polar surface area (TPSA) is 109 Å². The lowest BCUT2D eigenvalue weighted by molar-refractivity contribution is 0.0528. The first-order chi connectivity index (χ1) is 14.4. The van der Waals surface area contributed by atoms with Gasteiger partial charge in [0.05, 0.1) is 18.5 Å². The van der Waals surface area contributed by atoms with Crippen LogP contribution in [0.15, 0.2) is 45.2 Å². The minimum absolute atomic E-state index is 0.393.